The Morgan fingerprint density at radius 2 is 1.68 bits per heavy atom. The fraction of sp³-hybridized carbons (Fsp3) is 0.733. The third kappa shape index (κ3) is 5.15. The summed E-state index contributed by atoms with van der Waals surface area (Å²) in [5.74, 6) is 0.720. The minimum absolute atomic E-state index is 0.675. The first-order valence-electron chi connectivity index (χ1n) is 7.66. The molecule has 1 heterocycles. The Balaban J connectivity index is 1.76. The maximum absolute atomic E-state index is 4.30. The first-order chi connectivity index (χ1) is 9.38. The molecule has 4 nitrogen and oxygen atoms in total. The molecule has 0 spiro atoms. The first kappa shape index (κ1) is 14.3. The average molecular weight is 262 g/mol. The third-order valence-electron chi connectivity index (χ3n) is 3.74. The smallest absolute Gasteiger partial charge is 0.222 e. The number of anilines is 1. The molecule has 0 aliphatic heterocycles. The van der Waals surface area contributed by atoms with Gasteiger partial charge >= 0.3 is 0 Å². The zero-order valence-electron chi connectivity index (χ0n) is 12.0. The maximum atomic E-state index is 4.30. The number of hydrogen-bond acceptors (Lipinski definition) is 4. The minimum atomic E-state index is 0.675. The molecular weight excluding hydrogens is 236 g/mol. The molecule has 1 aromatic rings. The van der Waals surface area contributed by atoms with Gasteiger partial charge in [-0.25, -0.2) is 9.97 Å². The van der Waals surface area contributed by atoms with Crippen LogP contribution in [0.3, 0.4) is 0 Å². The van der Waals surface area contributed by atoms with Crippen LogP contribution in [0.5, 0.6) is 0 Å². The highest BCUT2D eigenvalue weighted by atomic mass is 15.1. The van der Waals surface area contributed by atoms with E-state index in [9.17, 15) is 0 Å². The van der Waals surface area contributed by atoms with Crippen LogP contribution in [0.25, 0.3) is 0 Å². The standard InChI is InChI=1S/C15H26N4/c1-2-16-15-18-11-13(12-19-15)10-17-14-8-6-4-3-5-7-9-14/h11-12,14,17H,2-10H2,1H3,(H,16,18,19). The van der Waals surface area contributed by atoms with Gasteiger partial charge in [0.15, 0.2) is 0 Å². The van der Waals surface area contributed by atoms with Crippen molar-refractivity contribution in [2.24, 2.45) is 0 Å². The Hall–Kier alpha value is -1.16. The van der Waals surface area contributed by atoms with E-state index in [1.807, 2.05) is 19.3 Å². The molecule has 0 amide bonds. The molecule has 1 aliphatic carbocycles. The quantitative estimate of drug-likeness (QED) is 0.856. The Labute approximate surface area is 116 Å². The Kier molecular flexibility index (Phi) is 6.08. The van der Waals surface area contributed by atoms with Crippen molar-refractivity contribution in [1.82, 2.24) is 15.3 Å². The predicted octanol–water partition coefficient (Wildman–Crippen LogP) is 3.11. The van der Waals surface area contributed by atoms with E-state index >= 15 is 0 Å². The summed E-state index contributed by atoms with van der Waals surface area (Å²) in [4.78, 5) is 8.61. The lowest BCUT2D eigenvalue weighted by Crippen LogP contribution is -2.29. The molecule has 0 saturated heterocycles. The minimum Gasteiger partial charge on any atom is -0.355 e. The topological polar surface area (TPSA) is 49.8 Å². The molecule has 0 bridgehead atoms. The molecule has 106 valence electrons. The number of rotatable bonds is 5. The van der Waals surface area contributed by atoms with Gasteiger partial charge in [0.1, 0.15) is 0 Å². The van der Waals surface area contributed by atoms with E-state index < -0.39 is 0 Å². The average Bonchev–Trinajstić information content (AvgIpc) is 2.39. The molecule has 0 radical (unpaired) electrons. The van der Waals surface area contributed by atoms with E-state index in [4.69, 9.17) is 0 Å². The number of nitrogens with zero attached hydrogens (tertiary/aromatic N) is 2. The van der Waals surface area contributed by atoms with E-state index in [2.05, 4.69) is 20.6 Å². The van der Waals surface area contributed by atoms with E-state index in [0.717, 1.165) is 19.0 Å². The van der Waals surface area contributed by atoms with Gasteiger partial charge in [-0.3, -0.25) is 0 Å². The van der Waals surface area contributed by atoms with Crippen molar-refractivity contribution in [2.75, 3.05) is 11.9 Å². The fourth-order valence-electron chi connectivity index (χ4n) is 2.62. The van der Waals surface area contributed by atoms with Gasteiger partial charge in [-0.05, 0) is 19.8 Å². The van der Waals surface area contributed by atoms with Gasteiger partial charge in [-0.15, -0.1) is 0 Å². The summed E-state index contributed by atoms with van der Waals surface area (Å²) < 4.78 is 0. The highest BCUT2D eigenvalue weighted by molar-refractivity contribution is 5.24. The van der Waals surface area contributed by atoms with Gasteiger partial charge in [0.2, 0.25) is 5.95 Å². The monoisotopic (exact) mass is 262 g/mol. The fourth-order valence-corrected chi connectivity index (χ4v) is 2.62. The van der Waals surface area contributed by atoms with Crippen molar-refractivity contribution >= 4 is 5.95 Å². The molecule has 1 fully saturated rings. The summed E-state index contributed by atoms with van der Waals surface area (Å²) in [6.45, 7) is 3.80. The van der Waals surface area contributed by atoms with Crippen LogP contribution in [-0.4, -0.2) is 22.6 Å². The van der Waals surface area contributed by atoms with Crippen molar-refractivity contribution in [1.29, 1.82) is 0 Å². The first-order valence-corrected chi connectivity index (χ1v) is 7.66. The lowest BCUT2D eigenvalue weighted by atomic mass is 9.96. The van der Waals surface area contributed by atoms with Crippen LogP contribution in [-0.2, 0) is 6.54 Å². The summed E-state index contributed by atoms with van der Waals surface area (Å²) in [5.41, 5.74) is 1.17. The summed E-state index contributed by atoms with van der Waals surface area (Å²) in [6.07, 6.45) is 13.4. The van der Waals surface area contributed by atoms with E-state index in [0.29, 0.717) is 6.04 Å². The zero-order chi connectivity index (χ0) is 13.3. The number of hydrogen-bond donors (Lipinski definition) is 2. The SMILES string of the molecule is CCNc1ncc(CNC2CCCCCCC2)cn1. The van der Waals surface area contributed by atoms with Crippen LogP contribution in [0.15, 0.2) is 12.4 Å². The predicted molar refractivity (Wildman–Crippen MR) is 79.1 cm³/mol. The maximum Gasteiger partial charge on any atom is 0.222 e. The number of aromatic nitrogens is 2. The van der Waals surface area contributed by atoms with Gasteiger partial charge in [0.05, 0.1) is 0 Å². The summed E-state index contributed by atoms with van der Waals surface area (Å²) in [6, 6.07) is 0.675. The second kappa shape index (κ2) is 8.10. The lowest BCUT2D eigenvalue weighted by molar-refractivity contribution is 0.388. The van der Waals surface area contributed by atoms with E-state index in [1.165, 1.54) is 50.5 Å². The zero-order valence-corrected chi connectivity index (χ0v) is 12.0. The van der Waals surface area contributed by atoms with Crippen LogP contribution in [0, 0.1) is 0 Å². The molecule has 0 atom stereocenters. The molecule has 4 heteroatoms. The van der Waals surface area contributed by atoms with Gasteiger partial charge in [0, 0.05) is 37.1 Å². The molecule has 1 saturated carbocycles. The Morgan fingerprint density at radius 1 is 1.05 bits per heavy atom. The summed E-state index contributed by atoms with van der Waals surface area (Å²) in [5, 5.41) is 6.77. The second-order valence-electron chi connectivity index (χ2n) is 5.37. The highest BCUT2D eigenvalue weighted by Gasteiger charge is 2.10. The van der Waals surface area contributed by atoms with Crippen LogP contribution in [0.4, 0.5) is 5.95 Å². The van der Waals surface area contributed by atoms with Crippen LogP contribution < -0.4 is 10.6 Å². The largest absolute Gasteiger partial charge is 0.355 e. The summed E-state index contributed by atoms with van der Waals surface area (Å²) in [7, 11) is 0. The Morgan fingerprint density at radius 3 is 2.32 bits per heavy atom. The van der Waals surface area contributed by atoms with Crippen molar-refractivity contribution in [3.8, 4) is 0 Å². The normalized spacial score (nSPS) is 17.7. The van der Waals surface area contributed by atoms with Gasteiger partial charge in [-0.2, -0.15) is 0 Å². The number of nitrogens with one attached hydrogen (secondary N) is 2. The van der Waals surface area contributed by atoms with E-state index in [-0.39, 0.29) is 0 Å². The van der Waals surface area contributed by atoms with Gasteiger partial charge in [-0.1, -0.05) is 32.1 Å². The van der Waals surface area contributed by atoms with Crippen molar-refractivity contribution in [3.63, 3.8) is 0 Å². The molecule has 2 rings (SSSR count). The molecule has 1 aliphatic rings. The van der Waals surface area contributed by atoms with Crippen molar-refractivity contribution in [2.45, 2.75) is 64.5 Å². The van der Waals surface area contributed by atoms with Gasteiger partial charge < -0.3 is 10.6 Å². The molecule has 0 unspecified atom stereocenters. The summed E-state index contributed by atoms with van der Waals surface area (Å²) >= 11 is 0. The molecule has 2 N–H and O–H groups in total. The van der Waals surface area contributed by atoms with Crippen LogP contribution in [0.1, 0.15) is 57.4 Å². The second-order valence-corrected chi connectivity index (χ2v) is 5.37. The molecule has 19 heavy (non-hydrogen) atoms. The molecular formula is C15H26N4. The van der Waals surface area contributed by atoms with Crippen molar-refractivity contribution < 1.29 is 0 Å². The van der Waals surface area contributed by atoms with Crippen LogP contribution in [0.2, 0.25) is 0 Å². The Bertz CT molecular complexity index is 342. The molecule has 0 aromatic carbocycles. The van der Waals surface area contributed by atoms with Gasteiger partial charge in [0.25, 0.3) is 0 Å². The lowest BCUT2D eigenvalue weighted by Gasteiger charge is -2.21. The van der Waals surface area contributed by atoms with Crippen molar-refractivity contribution in [3.05, 3.63) is 18.0 Å². The molecule has 1 aromatic heterocycles. The van der Waals surface area contributed by atoms with E-state index in [1.54, 1.807) is 0 Å². The third-order valence-corrected chi connectivity index (χ3v) is 3.74. The highest BCUT2D eigenvalue weighted by Crippen LogP contribution is 2.17. The van der Waals surface area contributed by atoms with Crippen LogP contribution >= 0.6 is 0 Å².